The van der Waals surface area contributed by atoms with Crippen molar-refractivity contribution in [1.29, 1.82) is 0 Å². The molecule has 0 saturated heterocycles. The highest BCUT2D eigenvalue weighted by Gasteiger charge is 2.41. The maximum Gasteiger partial charge on any atom is 0.314 e. The fourth-order valence-corrected chi connectivity index (χ4v) is 3.10. The molecule has 21 heavy (non-hydrogen) atoms. The third kappa shape index (κ3) is 2.30. The van der Waals surface area contributed by atoms with Gasteiger partial charge in [0.2, 0.25) is 0 Å². The number of hydrogen-bond acceptors (Lipinski definition) is 3. The summed E-state index contributed by atoms with van der Waals surface area (Å²) in [5.41, 5.74) is -0.149. The first-order chi connectivity index (χ1) is 10.1. The minimum Gasteiger partial charge on any atom is -0.481 e. The molecular formula is C15H16FN3O2. The Morgan fingerprint density at radius 2 is 2.05 bits per heavy atom. The SMILES string of the molecule is O=C(O)C1(c2ccc(-n3cncn3)c(F)c2)CCCCC1. The van der Waals surface area contributed by atoms with Crippen molar-refractivity contribution in [1.82, 2.24) is 14.8 Å². The van der Waals surface area contributed by atoms with Crippen molar-refractivity contribution >= 4 is 5.97 Å². The van der Waals surface area contributed by atoms with E-state index in [2.05, 4.69) is 10.1 Å². The van der Waals surface area contributed by atoms with Gasteiger partial charge in [0.25, 0.3) is 0 Å². The zero-order valence-corrected chi connectivity index (χ0v) is 11.5. The van der Waals surface area contributed by atoms with Crippen molar-refractivity contribution in [3.63, 3.8) is 0 Å². The molecule has 5 nitrogen and oxygen atoms in total. The molecule has 1 aliphatic carbocycles. The second kappa shape index (κ2) is 5.27. The van der Waals surface area contributed by atoms with Crippen LogP contribution in [0.5, 0.6) is 0 Å². The van der Waals surface area contributed by atoms with Gasteiger partial charge in [-0.05, 0) is 30.5 Å². The summed E-state index contributed by atoms with van der Waals surface area (Å²) in [5, 5.41) is 13.5. The Morgan fingerprint density at radius 3 is 2.62 bits per heavy atom. The Morgan fingerprint density at radius 1 is 1.29 bits per heavy atom. The van der Waals surface area contributed by atoms with Crippen LogP contribution in [0.4, 0.5) is 4.39 Å². The predicted octanol–water partition coefficient (Wildman–Crippen LogP) is 2.69. The zero-order chi connectivity index (χ0) is 14.9. The van der Waals surface area contributed by atoms with Crippen LogP contribution in [-0.2, 0) is 10.2 Å². The van der Waals surface area contributed by atoms with Crippen molar-refractivity contribution < 1.29 is 14.3 Å². The number of carbonyl (C=O) groups is 1. The number of rotatable bonds is 3. The summed E-state index contributed by atoms with van der Waals surface area (Å²) >= 11 is 0. The number of aliphatic carboxylic acids is 1. The normalized spacial score (nSPS) is 17.6. The number of hydrogen-bond donors (Lipinski definition) is 1. The van der Waals surface area contributed by atoms with Gasteiger partial charge in [0.1, 0.15) is 24.2 Å². The van der Waals surface area contributed by atoms with E-state index in [0.29, 0.717) is 18.4 Å². The average molecular weight is 289 g/mol. The largest absolute Gasteiger partial charge is 0.481 e. The van der Waals surface area contributed by atoms with Gasteiger partial charge < -0.3 is 5.11 Å². The zero-order valence-electron chi connectivity index (χ0n) is 11.5. The highest BCUT2D eigenvalue weighted by atomic mass is 19.1. The molecule has 3 rings (SSSR count). The Labute approximate surface area is 121 Å². The molecule has 110 valence electrons. The van der Waals surface area contributed by atoms with Gasteiger partial charge in [0.05, 0.1) is 5.41 Å². The van der Waals surface area contributed by atoms with Crippen LogP contribution in [0, 0.1) is 5.82 Å². The highest BCUT2D eigenvalue weighted by molar-refractivity contribution is 5.81. The average Bonchev–Trinajstić information content (AvgIpc) is 3.01. The van der Waals surface area contributed by atoms with Gasteiger partial charge in [-0.2, -0.15) is 5.10 Å². The lowest BCUT2D eigenvalue weighted by molar-refractivity contribution is -0.145. The van der Waals surface area contributed by atoms with E-state index in [9.17, 15) is 14.3 Å². The summed E-state index contributed by atoms with van der Waals surface area (Å²) in [5.74, 6) is -1.35. The van der Waals surface area contributed by atoms with E-state index in [-0.39, 0.29) is 5.69 Å². The predicted molar refractivity (Wildman–Crippen MR) is 73.7 cm³/mol. The van der Waals surface area contributed by atoms with Crippen LogP contribution in [0.15, 0.2) is 30.9 Å². The number of halogens is 1. The van der Waals surface area contributed by atoms with Gasteiger partial charge >= 0.3 is 5.97 Å². The van der Waals surface area contributed by atoms with E-state index < -0.39 is 17.2 Å². The van der Waals surface area contributed by atoms with Crippen molar-refractivity contribution in [3.8, 4) is 5.69 Å². The second-order valence-electron chi connectivity index (χ2n) is 5.45. The summed E-state index contributed by atoms with van der Waals surface area (Å²) in [4.78, 5) is 15.5. The van der Waals surface area contributed by atoms with Crippen molar-refractivity contribution in [3.05, 3.63) is 42.2 Å². The quantitative estimate of drug-likeness (QED) is 0.943. The van der Waals surface area contributed by atoms with E-state index in [1.807, 2.05) is 0 Å². The van der Waals surface area contributed by atoms with Gasteiger partial charge in [-0.15, -0.1) is 0 Å². The molecule has 1 saturated carbocycles. The van der Waals surface area contributed by atoms with Gasteiger partial charge in [0, 0.05) is 0 Å². The van der Waals surface area contributed by atoms with Crippen molar-refractivity contribution in [2.45, 2.75) is 37.5 Å². The molecule has 1 heterocycles. The molecule has 0 atom stereocenters. The van der Waals surface area contributed by atoms with Crippen LogP contribution in [0.3, 0.4) is 0 Å². The number of nitrogens with zero attached hydrogens (tertiary/aromatic N) is 3. The molecule has 6 heteroatoms. The molecule has 1 aromatic carbocycles. The number of aromatic nitrogens is 3. The maximum atomic E-state index is 14.3. The van der Waals surface area contributed by atoms with Crippen LogP contribution in [0.1, 0.15) is 37.7 Å². The summed E-state index contributed by atoms with van der Waals surface area (Å²) in [6, 6.07) is 4.59. The number of benzene rings is 1. The fraction of sp³-hybridized carbons (Fsp3) is 0.400. The lowest BCUT2D eigenvalue weighted by Crippen LogP contribution is -2.37. The first-order valence-electron chi connectivity index (χ1n) is 7.02. The van der Waals surface area contributed by atoms with E-state index in [0.717, 1.165) is 19.3 Å². The van der Waals surface area contributed by atoms with Gasteiger partial charge in [-0.3, -0.25) is 4.79 Å². The Bertz CT molecular complexity index is 649. The summed E-state index contributed by atoms with van der Waals surface area (Å²) in [6.45, 7) is 0. The molecule has 1 fully saturated rings. The number of carboxylic acid groups (broad SMARTS) is 1. The molecule has 0 bridgehead atoms. The van der Waals surface area contributed by atoms with Crippen LogP contribution < -0.4 is 0 Å². The van der Waals surface area contributed by atoms with E-state index in [1.165, 1.54) is 23.4 Å². The van der Waals surface area contributed by atoms with E-state index >= 15 is 0 Å². The lowest BCUT2D eigenvalue weighted by Gasteiger charge is -2.33. The monoisotopic (exact) mass is 289 g/mol. The summed E-state index contributed by atoms with van der Waals surface area (Å²) in [7, 11) is 0. The number of carboxylic acids is 1. The molecule has 2 aromatic rings. The molecule has 0 spiro atoms. The molecule has 1 N–H and O–H groups in total. The van der Waals surface area contributed by atoms with Crippen molar-refractivity contribution in [2.24, 2.45) is 0 Å². The molecule has 0 aliphatic heterocycles. The Balaban J connectivity index is 2.02. The molecule has 0 radical (unpaired) electrons. The standard InChI is InChI=1S/C15H16FN3O2/c16-12-8-11(4-5-13(12)19-10-17-9-18-19)15(14(20)21)6-2-1-3-7-15/h4-5,8-10H,1-3,6-7H2,(H,20,21). The summed E-state index contributed by atoms with van der Waals surface area (Å²) in [6.07, 6.45) is 6.61. The van der Waals surface area contributed by atoms with Crippen molar-refractivity contribution in [2.75, 3.05) is 0 Å². The topological polar surface area (TPSA) is 68.0 Å². The van der Waals surface area contributed by atoms with Gasteiger partial charge in [-0.25, -0.2) is 14.1 Å². The highest BCUT2D eigenvalue weighted by Crippen LogP contribution is 2.40. The Hall–Kier alpha value is -2.24. The van der Waals surface area contributed by atoms with E-state index in [1.54, 1.807) is 12.1 Å². The molecular weight excluding hydrogens is 273 g/mol. The third-order valence-corrected chi connectivity index (χ3v) is 4.28. The van der Waals surface area contributed by atoms with Crippen LogP contribution >= 0.6 is 0 Å². The minimum atomic E-state index is -0.958. The van der Waals surface area contributed by atoms with E-state index in [4.69, 9.17) is 0 Å². The molecule has 1 aromatic heterocycles. The second-order valence-corrected chi connectivity index (χ2v) is 5.45. The fourth-order valence-electron chi connectivity index (χ4n) is 3.10. The maximum absolute atomic E-state index is 14.3. The smallest absolute Gasteiger partial charge is 0.314 e. The molecule has 1 aliphatic rings. The summed E-state index contributed by atoms with van der Waals surface area (Å²) < 4.78 is 15.6. The molecule has 0 amide bonds. The first-order valence-corrected chi connectivity index (χ1v) is 7.02. The Kier molecular flexibility index (Phi) is 3.45. The van der Waals surface area contributed by atoms with Crippen LogP contribution in [0.2, 0.25) is 0 Å². The first kappa shape index (κ1) is 13.7. The lowest BCUT2D eigenvalue weighted by atomic mass is 9.69. The van der Waals surface area contributed by atoms with Crippen LogP contribution in [0.25, 0.3) is 5.69 Å². The van der Waals surface area contributed by atoms with Gasteiger partial charge in [0.15, 0.2) is 0 Å². The molecule has 0 unspecified atom stereocenters. The minimum absolute atomic E-state index is 0.271. The van der Waals surface area contributed by atoms with Gasteiger partial charge in [-0.1, -0.05) is 25.3 Å². The third-order valence-electron chi connectivity index (χ3n) is 4.28. The van der Waals surface area contributed by atoms with Crippen LogP contribution in [-0.4, -0.2) is 25.8 Å².